The van der Waals surface area contributed by atoms with Crippen LogP contribution in [0.4, 0.5) is 0 Å². The predicted molar refractivity (Wildman–Crippen MR) is 99.8 cm³/mol. The molecule has 1 aromatic heterocycles. The van der Waals surface area contributed by atoms with Gasteiger partial charge in [-0.3, -0.25) is 4.79 Å². The van der Waals surface area contributed by atoms with Crippen LogP contribution in [0.5, 0.6) is 5.75 Å². The van der Waals surface area contributed by atoms with Crippen molar-refractivity contribution in [3.63, 3.8) is 0 Å². The summed E-state index contributed by atoms with van der Waals surface area (Å²) in [7, 11) is 1.64. The van der Waals surface area contributed by atoms with Gasteiger partial charge >= 0.3 is 0 Å². The van der Waals surface area contributed by atoms with Gasteiger partial charge < -0.3 is 9.64 Å². The molecule has 0 spiro atoms. The fraction of sp³-hybridized carbons (Fsp3) is 0.421. The Morgan fingerprint density at radius 1 is 1.08 bits per heavy atom. The van der Waals surface area contributed by atoms with Gasteiger partial charge in [-0.2, -0.15) is 0 Å². The van der Waals surface area contributed by atoms with Gasteiger partial charge in [0.2, 0.25) is 5.91 Å². The normalized spacial score (nSPS) is 14.8. The van der Waals surface area contributed by atoms with Gasteiger partial charge in [0, 0.05) is 18.7 Å². The lowest BCUT2D eigenvalue weighted by Gasteiger charge is -2.19. The maximum Gasteiger partial charge on any atom is 0.232 e. The lowest BCUT2D eigenvalue weighted by atomic mass is 10.1. The van der Waals surface area contributed by atoms with Crippen LogP contribution in [0.1, 0.15) is 25.7 Å². The van der Waals surface area contributed by atoms with Crippen molar-refractivity contribution in [3.05, 3.63) is 36.4 Å². The molecule has 1 fully saturated rings. The van der Waals surface area contributed by atoms with E-state index >= 15 is 0 Å². The van der Waals surface area contributed by atoms with E-state index in [0.29, 0.717) is 5.75 Å². The maximum absolute atomic E-state index is 12.3. The number of carbonyl (C=O) groups excluding carboxylic acids is 1. The van der Waals surface area contributed by atoms with E-state index in [4.69, 9.17) is 4.74 Å². The summed E-state index contributed by atoms with van der Waals surface area (Å²) in [5, 5.41) is 9.31. The number of hydrogen-bond donors (Lipinski definition) is 0. The van der Waals surface area contributed by atoms with E-state index in [1.807, 2.05) is 41.3 Å². The first kappa shape index (κ1) is 17.7. The van der Waals surface area contributed by atoms with Crippen LogP contribution >= 0.6 is 11.8 Å². The van der Waals surface area contributed by atoms with E-state index in [-0.39, 0.29) is 5.91 Å². The zero-order valence-electron chi connectivity index (χ0n) is 14.5. The minimum absolute atomic E-state index is 0.197. The van der Waals surface area contributed by atoms with Gasteiger partial charge in [0.25, 0.3) is 0 Å². The average Bonchev–Trinajstić information content (AvgIpc) is 2.96. The molecule has 1 saturated heterocycles. The second-order valence-electron chi connectivity index (χ2n) is 6.04. The number of benzene rings is 1. The van der Waals surface area contributed by atoms with Gasteiger partial charge in [0.05, 0.1) is 18.6 Å². The minimum Gasteiger partial charge on any atom is -0.496 e. The Hall–Kier alpha value is -2.08. The van der Waals surface area contributed by atoms with Crippen LogP contribution < -0.4 is 4.74 Å². The highest BCUT2D eigenvalue weighted by molar-refractivity contribution is 7.99. The number of amides is 1. The van der Waals surface area contributed by atoms with Gasteiger partial charge in [-0.1, -0.05) is 36.7 Å². The second kappa shape index (κ2) is 8.85. The Bertz CT molecular complexity index is 698. The van der Waals surface area contributed by atoms with Crippen LogP contribution in [0.2, 0.25) is 0 Å². The number of hydrogen-bond acceptors (Lipinski definition) is 5. The first-order valence-electron chi connectivity index (χ1n) is 8.65. The molecule has 132 valence electrons. The summed E-state index contributed by atoms with van der Waals surface area (Å²) in [4.78, 5) is 14.3. The van der Waals surface area contributed by atoms with Crippen molar-refractivity contribution in [1.82, 2.24) is 15.1 Å². The predicted octanol–water partition coefficient (Wildman–Crippen LogP) is 3.65. The summed E-state index contributed by atoms with van der Waals surface area (Å²) < 4.78 is 5.36. The highest BCUT2D eigenvalue weighted by atomic mass is 32.2. The van der Waals surface area contributed by atoms with Crippen LogP contribution in [-0.2, 0) is 4.79 Å². The minimum atomic E-state index is 0.197. The molecule has 0 radical (unpaired) electrons. The largest absolute Gasteiger partial charge is 0.496 e. The molecule has 0 N–H and O–H groups in total. The van der Waals surface area contributed by atoms with Crippen molar-refractivity contribution in [3.8, 4) is 17.0 Å². The van der Waals surface area contributed by atoms with Gasteiger partial charge in [-0.05, 0) is 37.1 Å². The fourth-order valence-electron chi connectivity index (χ4n) is 2.94. The van der Waals surface area contributed by atoms with Crippen molar-refractivity contribution >= 4 is 17.7 Å². The Balaban J connectivity index is 1.60. The molecule has 1 aliphatic rings. The third-order valence-electron chi connectivity index (χ3n) is 4.33. The second-order valence-corrected chi connectivity index (χ2v) is 7.04. The van der Waals surface area contributed by atoms with E-state index in [9.17, 15) is 4.79 Å². The lowest BCUT2D eigenvalue weighted by Crippen LogP contribution is -2.33. The number of carbonyl (C=O) groups is 1. The third-order valence-corrected chi connectivity index (χ3v) is 5.23. The smallest absolute Gasteiger partial charge is 0.232 e. The van der Waals surface area contributed by atoms with E-state index < -0.39 is 0 Å². The fourth-order valence-corrected chi connectivity index (χ4v) is 3.66. The third kappa shape index (κ3) is 4.72. The molecule has 0 unspecified atom stereocenters. The number of ether oxygens (including phenoxy) is 1. The molecule has 0 aliphatic carbocycles. The summed E-state index contributed by atoms with van der Waals surface area (Å²) in [5.41, 5.74) is 1.68. The SMILES string of the molecule is COc1ccccc1-c1ccc(SCC(=O)N2CCCCCC2)nn1. The number of likely N-dealkylation sites (tertiary alicyclic amines) is 1. The van der Waals surface area contributed by atoms with E-state index in [0.717, 1.165) is 48.0 Å². The van der Waals surface area contributed by atoms with Gasteiger partial charge in [0.15, 0.2) is 0 Å². The molecule has 25 heavy (non-hydrogen) atoms. The van der Waals surface area contributed by atoms with E-state index in [1.54, 1.807) is 7.11 Å². The molecule has 0 bridgehead atoms. The lowest BCUT2D eigenvalue weighted by molar-refractivity contribution is -0.128. The number of rotatable bonds is 5. The van der Waals surface area contributed by atoms with Crippen LogP contribution in [-0.4, -0.2) is 47.0 Å². The quantitative estimate of drug-likeness (QED) is 0.765. The zero-order chi connectivity index (χ0) is 17.5. The number of para-hydroxylation sites is 1. The average molecular weight is 357 g/mol. The van der Waals surface area contributed by atoms with Gasteiger partial charge in [-0.15, -0.1) is 10.2 Å². The molecule has 1 aromatic carbocycles. The number of methoxy groups -OCH3 is 1. The molecule has 1 aliphatic heterocycles. The Morgan fingerprint density at radius 2 is 1.84 bits per heavy atom. The number of nitrogens with zero attached hydrogens (tertiary/aromatic N) is 3. The summed E-state index contributed by atoms with van der Waals surface area (Å²) >= 11 is 1.45. The van der Waals surface area contributed by atoms with Crippen molar-refractivity contribution < 1.29 is 9.53 Å². The van der Waals surface area contributed by atoms with Gasteiger partial charge in [-0.25, -0.2) is 0 Å². The summed E-state index contributed by atoms with van der Waals surface area (Å²) in [5.74, 6) is 1.39. The molecule has 3 rings (SSSR count). The highest BCUT2D eigenvalue weighted by Crippen LogP contribution is 2.28. The standard InChI is InChI=1S/C19H23N3O2S/c1-24-17-9-5-4-8-15(17)16-10-11-18(21-20-16)25-14-19(23)22-12-6-2-3-7-13-22/h4-5,8-11H,2-3,6-7,12-14H2,1H3. The Kier molecular flexibility index (Phi) is 6.28. The van der Waals surface area contributed by atoms with Crippen LogP contribution in [0.3, 0.4) is 0 Å². The molecule has 0 saturated carbocycles. The molecule has 2 aromatic rings. The first-order chi connectivity index (χ1) is 12.3. The number of thioether (sulfide) groups is 1. The van der Waals surface area contributed by atoms with E-state index in [1.165, 1.54) is 24.6 Å². The molecule has 6 heteroatoms. The summed E-state index contributed by atoms with van der Waals surface area (Å²) in [6, 6.07) is 11.6. The van der Waals surface area contributed by atoms with Crippen molar-refractivity contribution in [1.29, 1.82) is 0 Å². The van der Waals surface area contributed by atoms with Crippen molar-refractivity contribution in [2.24, 2.45) is 0 Å². The Morgan fingerprint density at radius 3 is 2.52 bits per heavy atom. The topological polar surface area (TPSA) is 55.3 Å². The van der Waals surface area contributed by atoms with E-state index in [2.05, 4.69) is 10.2 Å². The zero-order valence-corrected chi connectivity index (χ0v) is 15.3. The first-order valence-corrected chi connectivity index (χ1v) is 9.64. The Labute approximate surface area is 152 Å². The monoisotopic (exact) mass is 357 g/mol. The molecule has 5 nitrogen and oxygen atoms in total. The maximum atomic E-state index is 12.3. The van der Waals surface area contributed by atoms with Crippen LogP contribution in [0.25, 0.3) is 11.3 Å². The van der Waals surface area contributed by atoms with Crippen molar-refractivity contribution in [2.75, 3.05) is 26.0 Å². The summed E-state index contributed by atoms with van der Waals surface area (Å²) in [6.07, 6.45) is 4.69. The molecule has 2 heterocycles. The molecular weight excluding hydrogens is 334 g/mol. The molecule has 0 atom stereocenters. The highest BCUT2D eigenvalue weighted by Gasteiger charge is 2.16. The molecule has 1 amide bonds. The van der Waals surface area contributed by atoms with Gasteiger partial charge in [0.1, 0.15) is 10.8 Å². The van der Waals surface area contributed by atoms with Crippen LogP contribution in [0.15, 0.2) is 41.4 Å². The number of aromatic nitrogens is 2. The van der Waals surface area contributed by atoms with Crippen LogP contribution in [0, 0.1) is 0 Å². The van der Waals surface area contributed by atoms with Crippen molar-refractivity contribution in [2.45, 2.75) is 30.7 Å². The molecular formula is C19H23N3O2S. The summed E-state index contributed by atoms with van der Waals surface area (Å²) in [6.45, 7) is 1.77.